The first-order valence-corrected chi connectivity index (χ1v) is 11.4. The summed E-state index contributed by atoms with van der Waals surface area (Å²) in [6, 6.07) is 7.74. The first-order chi connectivity index (χ1) is 15.6. The summed E-state index contributed by atoms with van der Waals surface area (Å²) < 4.78 is 2.15. The predicted molar refractivity (Wildman–Crippen MR) is 123 cm³/mol. The van der Waals surface area contributed by atoms with Crippen LogP contribution in [0.25, 0.3) is 11.2 Å². The van der Waals surface area contributed by atoms with Gasteiger partial charge < -0.3 is 26.0 Å². The van der Waals surface area contributed by atoms with Crippen LogP contribution in [0, 0.1) is 0 Å². The Balaban J connectivity index is 1.54. The number of carbonyl (C=O) groups is 1. The SMILES string of the molecule is N[C@H]1CC[C@H](Nc2nc(Nc3ccccc3C(=O)O)c3ncn(C4CCCC4)c3n2)CC1. The van der Waals surface area contributed by atoms with E-state index in [4.69, 9.17) is 15.7 Å². The quantitative estimate of drug-likeness (QED) is 0.456. The van der Waals surface area contributed by atoms with Gasteiger partial charge >= 0.3 is 5.97 Å². The molecule has 2 saturated carbocycles. The van der Waals surface area contributed by atoms with Crippen molar-refractivity contribution in [3.8, 4) is 0 Å². The molecule has 0 unspecified atom stereocenters. The summed E-state index contributed by atoms with van der Waals surface area (Å²) in [4.78, 5) is 25.9. The van der Waals surface area contributed by atoms with Gasteiger partial charge in [-0.25, -0.2) is 9.78 Å². The Labute approximate surface area is 186 Å². The van der Waals surface area contributed by atoms with Crippen LogP contribution < -0.4 is 16.4 Å². The number of aromatic nitrogens is 4. The predicted octanol–water partition coefficient (Wildman–Crippen LogP) is 4.07. The molecule has 0 atom stereocenters. The fourth-order valence-corrected chi connectivity index (χ4v) is 4.87. The van der Waals surface area contributed by atoms with Gasteiger partial charge in [0.15, 0.2) is 17.0 Å². The van der Waals surface area contributed by atoms with Crippen LogP contribution >= 0.6 is 0 Å². The molecule has 3 aromatic rings. The monoisotopic (exact) mass is 435 g/mol. The average Bonchev–Trinajstić information content (AvgIpc) is 3.45. The number of anilines is 3. The van der Waals surface area contributed by atoms with Crippen molar-refractivity contribution in [2.75, 3.05) is 10.6 Å². The van der Waals surface area contributed by atoms with E-state index in [1.54, 1.807) is 24.3 Å². The van der Waals surface area contributed by atoms with Crippen molar-refractivity contribution in [1.82, 2.24) is 19.5 Å². The van der Waals surface area contributed by atoms with Gasteiger partial charge in [-0.1, -0.05) is 25.0 Å². The Morgan fingerprint density at radius 3 is 2.56 bits per heavy atom. The number of imidazole rings is 1. The van der Waals surface area contributed by atoms with Crippen molar-refractivity contribution in [3.63, 3.8) is 0 Å². The molecule has 2 aliphatic carbocycles. The third kappa shape index (κ3) is 4.12. The van der Waals surface area contributed by atoms with Crippen LogP contribution in [0.15, 0.2) is 30.6 Å². The molecule has 0 bridgehead atoms. The zero-order chi connectivity index (χ0) is 22.1. The van der Waals surface area contributed by atoms with E-state index in [-0.39, 0.29) is 17.6 Å². The van der Waals surface area contributed by atoms with Gasteiger partial charge in [0.25, 0.3) is 0 Å². The van der Waals surface area contributed by atoms with Gasteiger partial charge in [-0.3, -0.25) is 0 Å². The van der Waals surface area contributed by atoms with Crippen molar-refractivity contribution < 1.29 is 9.90 Å². The summed E-state index contributed by atoms with van der Waals surface area (Å²) in [5, 5.41) is 16.3. The molecule has 1 aromatic carbocycles. The van der Waals surface area contributed by atoms with Gasteiger partial charge in [0.05, 0.1) is 17.6 Å². The van der Waals surface area contributed by atoms with E-state index in [2.05, 4.69) is 20.2 Å². The summed E-state index contributed by atoms with van der Waals surface area (Å²) in [5.74, 6) is 0.0512. The number of aromatic carboxylic acids is 1. The van der Waals surface area contributed by atoms with Gasteiger partial charge in [-0.05, 0) is 50.7 Å². The number of nitrogens with one attached hydrogen (secondary N) is 2. The maximum absolute atomic E-state index is 11.7. The molecule has 2 aromatic heterocycles. The minimum absolute atomic E-state index is 0.185. The van der Waals surface area contributed by atoms with Crippen molar-refractivity contribution in [1.29, 1.82) is 0 Å². The smallest absolute Gasteiger partial charge is 0.337 e. The highest BCUT2D eigenvalue weighted by molar-refractivity contribution is 5.96. The number of carboxylic acids is 1. The van der Waals surface area contributed by atoms with Crippen LogP contribution in [0.2, 0.25) is 0 Å². The van der Waals surface area contributed by atoms with Crippen LogP contribution in [0.4, 0.5) is 17.5 Å². The first-order valence-electron chi connectivity index (χ1n) is 11.4. The second-order valence-corrected chi connectivity index (χ2v) is 8.89. The summed E-state index contributed by atoms with van der Waals surface area (Å²) in [6.45, 7) is 0. The van der Waals surface area contributed by atoms with Crippen LogP contribution in [0.5, 0.6) is 0 Å². The molecule has 9 heteroatoms. The second kappa shape index (κ2) is 8.74. The van der Waals surface area contributed by atoms with Crippen molar-refractivity contribution in [3.05, 3.63) is 36.2 Å². The number of benzene rings is 1. The topological polar surface area (TPSA) is 131 Å². The zero-order valence-corrected chi connectivity index (χ0v) is 18.0. The molecule has 5 rings (SSSR count). The lowest BCUT2D eigenvalue weighted by molar-refractivity contribution is 0.0698. The normalized spacial score (nSPS) is 21.7. The Kier molecular flexibility index (Phi) is 5.65. The summed E-state index contributed by atoms with van der Waals surface area (Å²) in [5.41, 5.74) is 8.14. The molecule has 32 heavy (non-hydrogen) atoms. The fraction of sp³-hybridized carbons (Fsp3) is 0.478. The Bertz CT molecular complexity index is 1110. The molecular weight excluding hydrogens is 406 g/mol. The van der Waals surface area contributed by atoms with E-state index in [9.17, 15) is 9.90 Å². The highest BCUT2D eigenvalue weighted by Gasteiger charge is 2.24. The summed E-state index contributed by atoms with van der Waals surface area (Å²) >= 11 is 0. The van der Waals surface area contributed by atoms with Crippen molar-refractivity contribution >= 4 is 34.6 Å². The molecule has 0 saturated heterocycles. The maximum atomic E-state index is 11.7. The molecule has 0 amide bonds. The van der Waals surface area contributed by atoms with Crippen molar-refractivity contribution in [2.24, 2.45) is 5.73 Å². The van der Waals surface area contributed by atoms with Crippen LogP contribution in [0.3, 0.4) is 0 Å². The third-order valence-electron chi connectivity index (χ3n) is 6.66. The van der Waals surface area contributed by atoms with E-state index in [0.29, 0.717) is 29.0 Å². The Morgan fingerprint density at radius 2 is 1.81 bits per heavy atom. The molecule has 2 aliphatic rings. The number of hydrogen-bond acceptors (Lipinski definition) is 7. The van der Waals surface area contributed by atoms with E-state index < -0.39 is 5.97 Å². The van der Waals surface area contributed by atoms with E-state index in [1.807, 2.05) is 6.33 Å². The van der Waals surface area contributed by atoms with Gasteiger partial charge in [0.2, 0.25) is 5.95 Å². The highest BCUT2D eigenvalue weighted by Crippen LogP contribution is 2.34. The van der Waals surface area contributed by atoms with E-state index in [1.165, 1.54) is 12.8 Å². The standard InChI is InChI=1S/C23H29N7O2/c24-14-9-11-15(12-10-14)26-23-28-20(27-18-8-4-3-7-17(18)22(31)32)19-21(29-23)30(13-25-19)16-5-1-2-6-16/h3-4,7-8,13-16H,1-2,5-6,9-12,24H2,(H,31,32)(H2,26,27,28,29)/t14-,15-. The van der Waals surface area contributed by atoms with E-state index >= 15 is 0 Å². The first kappa shape index (κ1) is 20.7. The number of nitrogens with two attached hydrogens (primary N) is 1. The lowest BCUT2D eigenvalue weighted by Crippen LogP contribution is -2.33. The van der Waals surface area contributed by atoms with Crippen LogP contribution in [0.1, 0.15) is 67.8 Å². The number of nitrogens with zero attached hydrogens (tertiary/aromatic N) is 4. The minimum atomic E-state index is -0.994. The van der Waals surface area contributed by atoms with Crippen LogP contribution in [-0.4, -0.2) is 42.7 Å². The van der Waals surface area contributed by atoms with Gasteiger partial charge in [-0.15, -0.1) is 0 Å². The maximum Gasteiger partial charge on any atom is 0.337 e. The molecule has 0 aliphatic heterocycles. The lowest BCUT2D eigenvalue weighted by atomic mass is 9.92. The van der Waals surface area contributed by atoms with Gasteiger partial charge in [-0.2, -0.15) is 9.97 Å². The third-order valence-corrected chi connectivity index (χ3v) is 6.66. The van der Waals surface area contributed by atoms with E-state index in [0.717, 1.165) is 44.2 Å². The lowest BCUT2D eigenvalue weighted by Gasteiger charge is -2.27. The van der Waals surface area contributed by atoms with Crippen LogP contribution in [-0.2, 0) is 0 Å². The molecule has 2 fully saturated rings. The van der Waals surface area contributed by atoms with Crippen molar-refractivity contribution in [2.45, 2.75) is 69.5 Å². The molecule has 9 nitrogen and oxygen atoms in total. The molecule has 0 radical (unpaired) electrons. The average molecular weight is 436 g/mol. The molecule has 2 heterocycles. The number of fused-ring (bicyclic) bond motifs is 1. The minimum Gasteiger partial charge on any atom is -0.478 e. The highest BCUT2D eigenvalue weighted by atomic mass is 16.4. The number of carboxylic acid groups (broad SMARTS) is 1. The molecule has 0 spiro atoms. The largest absolute Gasteiger partial charge is 0.478 e. The zero-order valence-electron chi connectivity index (χ0n) is 18.0. The number of hydrogen-bond donors (Lipinski definition) is 4. The molecule has 5 N–H and O–H groups in total. The number of rotatable bonds is 6. The summed E-state index contributed by atoms with van der Waals surface area (Å²) in [7, 11) is 0. The Hall–Kier alpha value is -3.20. The molecule has 168 valence electrons. The fourth-order valence-electron chi connectivity index (χ4n) is 4.87. The summed E-state index contributed by atoms with van der Waals surface area (Å²) in [6.07, 6.45) is 10.4. The van der Waals surface area contributed by atoms with Gasteiger partial charge in [0.1, 0.15) is 0 Å². The Morgan fingerprint density at radius 1 is 1.06 bits per heavy atom. The van der Waals surface area contributed by atoms with Gasteiger partial charge in [0, 0.05) is 18.1 Å². The number of para-hydroxylation sites is 1. The molecular formula is C23H29N7O2. The second-order valence-electron chi connectivity index (χ2n) is 8.89.